The van der Waals surface area contributed by atoms with Crippen molar-refractivity contribution in [1.82, 2.24) is 4.98 Å². The van der Waals surface area contributed by atoms with E-state index in [2.05, 4.69) is 14.8 Å². The van der Waals surface area contributed by atoms with Crippen LogP contribution in [-0.4, -0.2) is 15.0 Å². The van der Waals surface area contributed by atoms with Crippen molar-refractivity contribution in [3.63, 3.8) is 0 Å². The molecule has 0 saturated carbocycles. The van der Waals surface area contributed by atoms with Crippen molar-refractivity contribution in [1.29, 1.82) is 0 Å². The monoisotopic (exact) mass is 434 g/mol. The van der Waals surface area contributed by atoms with E-state index in [-0.39, 0.29) is 20.0 Å². The normalized spacial score (nSPS) is 16.2. The summed E-state index contributed by atoms with van der Waals surface area (Å²) in [7, 11) is 0. The first-order valence-corrected chi connectivity index (χ1v) is 9.40. The van der Waals surface area contributed by atoms with E-state index in [0.29, 0.717) is 11.3 Å². The minimum Gasteiger partial charge on any atom is -0.376 e. The summed E-state index contributed by atoms with van der Waals surface area (Å²) in [4.78, 5) is 14.6. The highest BCUT2D eigenvalue weighted by atomic mass is 127. The fourth-order valence-corrected chi connectivity index (χ4v) is 4.13. The Labute approximate surface area is 140 Å². The molecule has 2 heterocycles. The van der Waals surface area contributed by atoms with Crippen molar-refractivity contribution >= 4 is 47.9 Å². The smallest absolute Gasteiger partial charge is 0.376 e. The van der Waals surface area contributed by atoms with Crippen molar-refractivity contribution in [2.75, 3.05) is 5.32 Å². The molecular weight excluding hydrogens is 420 g/mol. The number of pyridine rings is 1. The first-order valence-electron chi connectivity index (χ1n) is 6.79. The number of fused-ring (bicyclic) bond motifs is 2. The average molecular weight is 434 g/mol. The highest BCUT2D eigenvalue weighted by Gasteiger charge is 2.37. The van der Waals surface area contributed by atoms with Gasteiger partial charge >= 0.3 is 6.18 Å². The first kappa shape index (κ1) is 16.2. The third-order valence-corrected chi connectivity index (χ3v) is 5.47. The maximum atomic E-state index is 13.5. The van der Waals surface area contributed by atoms with Crippen LogP contribution in [-0.2, 0) is 6.18 Å². The highest BCUT2D eigenvalue weighted by Crippen LogP contribution is 2.39. The molecule has 3 nitrogen and oxygen atoms in total. The van der Waals surface area contributed by atoms with E-state index in [1.54, 1.807) is 12.1 Å². The Bertz CT molecular complexity index is 910. The summed E-state index contributed by atoms with van der Waals surface area (Å²) < 4.78 is 43.9. The topological polar surface area (TPSA) is 44.9 Å². The summed E-state index contributed by atoms with van der Waals surface area (Å²) in [5.41, 5.74) is -0.292. The maximum absolute atomic E-state index is 13.5. The second kappa shape index (κ2) is 5.19. The third-order valence-electron chi connectivity index (χ3n) is 3.68. The maximum Gasteiger partial charge on any atom is 0.418 e. The number of alkyl halides is 3. The second-order valence-corrected chi connectivity index (χ2v) is 7.78. The van der Waals surface area contributed by atoms with Gasteiger partial charge < -0.3 is 10.3 Å². The molecule has 1 aromatic carbocycles. The molecule has 2 aromatic rings. The zero-order chi connectivity index (χ0) is 17.0. The molecule has 0 radical (unpaired) electrons. The van der Waals surface area contributed by atoms with Gasteiger partial charge in [-0.3, -0.25) is 4.79 Å². The summed E-state index contributed by atoms with van der Waals surface area (Å²) >= 11 is -1.25. The summed E-state index contributed by atoms with van der Waals surface area (Å²) in [5, 5.41) is 3.25. The Morgan fingerprint density at radius 2 is 1.96 bits per heavy atom. The van der Waals surface area contributed by atoms with E-state index < -0.39 is 38.0 Å². The van der Waals surface area contributed by atoms with Crippen LogP contribution < -0.4 is 10.9 Å². The van der Waals surface area contributed by atoms with Gasteiger partial charge in [-0.15, -0.1) is 0 Å². The summed E-state index contributed by atoms with van der Waals surface area (Å²) in [6.07, 6.45) is -0.886. The Morgan fingerprint density at radius 1 is 1.26 bits per heavy atom. The quantitative estimate of drug-likeness (QED) is 0.657. The van der Waals surface area contributed by atoms with Crippen LogP contribution in [0.1, 0.15) is 25.0 Å². The lowest BCUT2D eigenvalue weighted by Crippen LogP contribution is -2.30. The van der Waals surface area contributed by atoms with Crippen LogP contribution in [0, 0.1) is 3.57 Å². The molecular formula is C16H14F3IN2O. The molecule has 0 spiro atoms. The number of aromatic amines is 1. The van der Waals surface area contributed by atoms with E-state index in [1.165, 1.54) is 6.07 Å². The van der Waals surface area contributed by atoms with E-state index in [1.807, 2.05) is 19.9 Å². The van der Waals surface area contributed by atoms with Gasteiger partial charge in [0.25, 0.3) is 5.56 Å². The van der Waals surface area contributed by atoms with Crippen LogP contribution in [0.5, 0.6) is 0 Å². The van der Waals surface area contributed by atoms with Gasteiger partial charge in [0, 0.05) is 11.1 Å². The van der Waals surface area contributed by atoms with Gasteiger partial charge in [0.05, 0.1) is 20.2 Å². The van der Waals surface area contributed by atoms with Crippen molar-refractivity contribution in [2.24, 2.45) is 0 Å². The van der Waals surface area contributed by atoms with Crippen molar-refractivity contribution in [3.8, 4) is 0 Å². The second-order valence-electron chi connectivity index (χ2n) is 5.94. The molecule has 0 saturated heterocycles. The van der Waals surface area contributed by atoms with Crippen LogP contribution in [0.4, 0.5) is 18.9 Å². The largest absolute Gasteiger partial charge is 0.418 e. The standard InChI is InChI=1S/C16H14F3IN2O/c1-15(2)5-4-8-6-9-11(7-10(8)22-15)21-14(23)13(20-3)12(9)16(17,18)19/h4-7,22H,3H2,1-2H3,(H,21,23). The number of halogens is 4. The molecule has 2 N–H and O–H groups in total. The van der Waals surface area contributed by atoms with Gasteiger partial charge in [-0.05, 0) is 31.5 Å². The molecule has 7 heteroatoms. The van der Waals surface area contributed by atoms with E-state index in [9.17, 15) is 18.0 Å². The zero-order valence-corrected chi connectivity index (χ0v) is 14.6. The number of hydrogen-bond acceptors (Lipinski definition) is 2. The molecule has 0 bridgehead atoms. The minimum absolute atomic E-state index is 0.0142. The van der Waals surface area contributed by atoms with Crippen LogP contribution in [0.25, 0.3) is 17.0 Å². The first-order chi connectivity index (χ1) is 10.6. The van der Waals surface area contributed by atoms with Gasteiger partial charge in [0.1, 0.15) is 0 Å². The fraction of sp³-hybridized carbons (Fsp3) is 0.250. The summed E-state index contributed by atoms with van der Waals surface area (Å²) in [6.45, 7) is 3.91. The van der Waals surface area contributed by atoms with Crippen molar-refractivity contribution in [3.05, 3.63) is 43.3 Å². The van der Waals surface area contributed by atoms with E-state index in [0.717, 1.165) is 0 Å². The molecule has 1 aliphatic heterocycles. The number of hydrogen-bond donors (Lipinski definition) is 2. The molecule has 3 rings (SSSR count). The summed E-state index contributed by atoms with van der Waals surface area (Å²) in [6, 6.07) is 3.04. The zero-order valence-electron chi connectivity index (χ0n) is 12.4. The Morgan fingerprint density at radius 3 is 2.57 bits per heavy atom. The predicted octanol–water partition coefficient (Wildman–Crippen LogP) is 4.34. The molecule has 0 atom stereocenters. The van der Waals surface area contributed by atoms with Crippen LogP contribution in [0.15, 0.2) is 23.0 Å². The minimum atomic E-state index is -4.58. The molecule has 122 valence electrons. The Kier molecular flexibility index (Phi) is 3.66. The third kappa shape index (κ3) is 2.82. The van der Waals surface area contributed by atoms with Crippen LogP contribution >= 0.6 is 20.7 Å². The lowest BCUT2D eigenvalue weighted by atomic mass is 9.95. The molecule has 0 amide bonds. The Balaban J connectivity index is 2.41. The Hall–Kier alpha value is -1.64. The number of H-pyrrole nitrogens is 1. The number of anilines is 1. The number of rotatable bonds is 1. The predicted molar refractivity (Wildman–Crippen MR) is 96.1 cm³/mol. The molecule has 23 heavy (non-hydrogen) atoms. The lowest BCUT2D eigenvalue weighted by molar-refractivity contribution is -0.137. The lowest BCUT2D eigenvalue weighted by Gasteiger charge is -2.29. The molecule has 0 unspecified atom stereocenters. The van der Waals surface area contributed by atoms with Crippen molar-refractivity contribution in [2.45, 2.75) is 25.6 Å². The van der Waals surface area contributed by atoms with Gasteiger partial charge in [-0.25, -0.2) is 0 Å². The van der Waals surface area contributed by atoms with Crippen LogP contribution in [0.3, 0.4) is 0 Å². The fourth-order valence-electron chi connectivity index (χ4n) is 2.67. The average Bonchev–Trinajstić information content (AvgIpc) is 2.42. The van der Waals surface area contributed by atoms with Gasteiger partial charge in [-0.2, -0.15) is 13.2 Å². The SMILES string of the molecule is C=Ic1c(C(F)(F)F)c2cc3c(cc2[nH]c1=O)NC(C)(C)C=C3. The number of benzene rings is 1. The van der Waals surface area contributed by atoms with E-state index >= 15 is 0 Å². The molecule has 1 aromatic heterocycles. The van der Waals surface area contributed by atoms with Gasteiger partial charge in [0.15, 0.2) is 0 Å². The highest BCUT2D eigenvalue weighted by molar-refractivity contribution is 14.2. The van der Waals surface area contributed by atoms with Gasteiger partial charge in [0.2, 0.25) is 0 Å². The van der Waals surface area contributed by atoms with Gasteiger partial charge in [-0.1, -0.05) is 37.4 Å². The molecule has 0 aliphatic carbocycles. The van der Waals surface area contributed by atoms with E-state index in [4.69, 9.17) is 0 Å². The number of nitrogens with one attached hydrogen (secondary N) is 2. The molecule has 1 aliphatic rings. The van der Waals surface area contributed by atoms with Crippen molar-refractivity contribution < 1.29 is 13.2 Å². The molecule has 0 fully saturated rings. The summed E-state index contributed by atoms with van der Waals surface area (Å²) in [5.74, 6) is 0. The number of aromatic nitrogens is 1. The van der Waals surface area contributed by atoms with Crippen LogP contribution in [0.2, 0.25) is 0 Å².